The Bertz CT molecular complexity index is 170. The van der Waals surface area contributed by atoms with Gasteiger partial charge in [0.2, 0.25) is 5.91 Å². The lowest BCUT2D eigenvalue weighted by atomic mass is 9.97. The third-order valence-corrected chi connectivity index (χ3v) is 2.11. The fourth-order valence-electron chi connectivity index (χ4n) is 0.767. The van der Waals surface area contributed by atoms with E-state index in [0.717, 1.165) is 0 Å². The molecule has 0 rings (SSSR count). The van der Waals surface area contributed by atoms with E-state index in [1.54, 1.807) is 13.8 Å². The molecule has 1 unspecified atom stereocenters. The zero-order valence-electron chi connectivity index (χ0n) is 9.22. The summed E-state index contributed by atoms with van der Waals surface area (Å²) in [5.74, 6) is 0.348. The fourth-order valence-corrected chi connectivity index (χ4v) is 0.767. The number of hydrogen-bond donors (Lipinski definition) is 2. The maximum Gasteiger partial charge on any atom is 0.223 e. The predicted molar refractivity (Wildman–Crippen MR) is 53.3 cm³/mol. The van der Waals surface area contributed by atoms with Gasteiger partial charge in [0, 0.05) is 12.5 Å². The minimum absolute atomic E-state index is 0.00218. The Labute approximate surface area is 80.5 Å². The highest BCUT2D eigenvalue weighted by molar-refractivity contribution is 5.78. The van der Waals surface area contributed by atoms with E-state index in [4.69, 9.17) is 0 Å². The second kappa shape index (κ2) is 4.61. The van der Waals surface area contributed by atoms with Crippen LogP contribution in [0.3, 0.4) is 0 Å². The van der Waals surface area contributed by atoms with Crippen LogP contribution in [0.5, 0.6) is 0 Å². The highest BCUT2D eigenvalue weighted by Gasteiger charge is 2.19. The SMILES string of the molecule is CC(C)C(C)C(=O)NCC(C)(C)O. The van der Waals surface area contributed by atoms with Gasteiger partial charge in [-0.25, -0.2) is 0 Å². The molecule has 0 aliphatic carbocycles. The molecule has 0 aromatic heterocycles. The molecular formula is C10H21NO2. The zero-order chi connectivity index (χ0) is 10.6. The summed E-state index contributed by atoms with van der Waals surface area (Å²) in [5.41, 5.74) is -0.827. The molecule has 0 aliphatic heterocycles. The molecule has 0 saturated carbocycles. The maximum absolute atomic E-state index is 11.4. The van der Waals surface area contributed by atoms with E-state index in [9.17, 15) is 9.90 Å². The summed E-state index contributed by atoms with van der Waals surface area (Å²) in [6.45, 7) is 9.57. The van der Waals surface area contributed by atoms with Gasteiger partial charge >= 0.3 is 0 Å². The second-order valence-electron chi connectivity index (χ2n) is 4.56. The van der Waals surface area contributed by atoms with E-state index < -0.39 is 5.60 Å². The Morgan fingerprint density at radius 2 is 1.85 bits per heavy atom. The number of aliphatic hydroxyl groups is 1. The van der Waals surface area contributed by atoms with Gasteiger partial charge in [-0.3, -0.25) is 4.79 Å². The maximum atomic E-state index is 11.4. The lowest BCUT2D eigenvalue weighted by Crippen LogP contribution is -2.41. The topological polar surface area (TPSA) is 49.3 Å². The minimum atomic E-state index is -0.827. The van der Waals surface area contributed by atoms with Gasteiger partial charge < -0.3 is 10.4 Å². The van der Waals surface area contributed by atoms with Crippen molar-refractivity contribution in [1.82, 2.24) is 5.32 Å². The first kappa shape index (κ1) is 12.4. The Balaban J connectivity index is 3.89. The number of hydrogen-bond acceptors (Lipinski definition) is 2. The van der Waals surface area contributed by atoms with Gasteiger partial charge in [0.25, 0.3) is 0 Å². The summed E-state index contributed by atoms with van der Waals surface area (Å²) >= 11 is 0. The average Bonchev–Trinajstić information content (AvgIpc) is 1.97. The van der Waals surface area contributed by atoms with Crippen molar-refractivity contribution in [3.8, 4) is 0 Å². The van der Waals surface area contributed by atoms with Crippen LogP contribution >= 0.6 is 0 Å². The smallest absolute Gasteiger partial charge is 0.223 e. The molecule has 13 heavy (non-hydrogen) atoms. The lowest BCUT2D eigenvalue weighted by molar-refractivity contribution is -0.126. The van der Waals surface area contributed by atoms with E-state index in [2.05, 4.69) is 5.32 Å². The molecule has 0 aliphatic rings. The van der Waals surface area contributed by atoms with Gasteiger partial charge in [-0.1, -0.05) is 20.8 Å². The Morgan fingerprint density at radius 3 is 2.15 bits per heavy atom. The van der Waals surface area contributed by atoms with Crippen LogP contribution in [0.4, 0.5) is 0 Å². The van der Waals surface area contributed by atoms with E-state index in [-0.39, 0.29) is 11.8 Å². The van der Waals surface area contributed by atoms with Crippen LogP contribution in [0.15, 0.2) is 0 Å². The summed E-state index contributed by atoms with van der Waals surface area (Å²) in [6.07, 6.45) is 0. The number of nitrogens with one attached hydrogen (secondary N) is 1. The minimum Gasteiger partial charge on any atom is -0.389 e. The molecule has 0 aromatic carbocycles. The molecule has 1 atom stereocenters. The highest BCUT2D eigenvalue weighted by atomic mass is 16.3. The van der Waals surface area contributed by atoms with Gasteiger partial charge in [0.05, 0.1) is 5.60 Å². The predicted octanol–water partition coefficient (Wildman–Crippen LogP) is 1.17. The van der Waals surface area contributed by atoms with Crippen LogP contribution in [0, 0.1) is 11.8 Å². The third-order valence-electron chi connectivity index (χ3n) is 2.11. The van der Waals surface area contributed by atoms with Gasteiger partial charge in [-0.15, -0.1) is 0 Å². The second-order valence-corrected chi connectivity index (χ2v) is 4.56. The molecule has 2 N–H and O–H groups in total. The number of amides is 1. The van der Waals surface area contributed by atoms with Crippen molar-refractivity contribution in [2.24, 2.45) is 11.8 Å². The van der Waals surface area contributed by atoms with E-state index in [0.29, 0.717) is 12.5 Å². The van der Waals surface area contributed by atoms with Crippen molar-refractivity contribution in [2.45, 2.75) is 40.2 Å². The normalized spacial score (nSPS) is 14.4. The molecule has 3 heteroatoms. The van der Waals surface area contributed by atoms with Crippen molar-refractivity contribution in [2.75, 3.05) is 6.54 Å². The average molecular weight is 187 g/mol. The van der Waals surface area contributed by atoms with Crippen LogP contribution in [0.2, 0.25) is 0 Å². The van der Waals surface area contributed by atoms with Crippen molar-refractivity contribution in [3.05, 3.63) is 0 Å². The van der Waals surface area contributed by atoms with Crippen molar-refractivity contribution in [3.63, 3.8) is 0 Å². The first-order valence-corrected chi connectivity index (χ1v) is 4.74. The van der Waals surface area contributed by atoms with Crippen LogP contribution in [-0.4, -0.2) is 23.2 Å². The summed E-state index contributed by atoms with van der Waals surface area (Å²) in [7, 11) is 0. The third kappa shape index (κ3) is 5.64. The largest absolute Gasteiger partial charge is 0.389 e. The summed E-state index contributed by atoms with van der Waals surface area (Å²) in [6, 6.07) is 0. The van der Waals surface area contributed by atoms with E-state index in [1.807, 2.05) is 20.8 Å². The Hall–Kier alpha value is -0.570. The molecule has 0 radical (unpaired) electrons. The summed E-state index contributed by atoms with van der Waals surface area (Å²) < 4.78 is 0. The molecule has 78 valence electrons. The molecule has 0 spiro atoms. The molecule has 0 saturated heterocycles. The van der Waals surface area contributed by atoms with Crippen LogP contribution < -0.4 is 5.32 Å². The summed E-state index contributed by atoms with van der Waals surface area (Å²) in [4.78, 5) is 11.4. The first-order valence-electron chi connectivity index (χ1n) is 4.74. The lowest BCUT2D eigenvalue weighted by Gasteiger charge is -2.21. The van der Waals surface area contributed by atoms with Crippen LogP contribution in [-0.2, 0) is 4.79 Å². The zero-order valence-corrected chi connectivity index (χ0v) is 9.22. The van der Waals surface area contributed by atoms with Gasteiger partial charge in [-0.05, 0) is 19.8 Å². The Morgan fingerprint density at radius 1 is 1.38 bits per heavy atom. The summed E-state index contributed by atoms with van der Waals surface area (Å²) in [5, 5.41) is 12.1. The molecule has 1 amide bonds. The monoisotopic (exact) mass is 187 g/mol. The van der Waals surface area contributed by atoms with Gasteiger partial charge in [0.15, 0.2) is 0 Å². The standard InChI is InChI=1S/C10H21NO2/c1-7(2)8(3)9(12)11-6-10(4,5)13/h7-8,13H,6H2,1-5H3,(H,11,12). The molecular weight excluding hydrogens is 166 g/mol. The molecule has 0 bridgehead atoms. The van der Waals surface area contributed by atoms with Crippen molar-refractivity contribution < 1.29 is 9.90 Å². The van der Waals surface area contributed by atoms with Crippen LogP contribution in [0.25, 0.3) is 0 Å². The first-order chi connectivity index (χ1) is 5.74. The van der Waals surface area contributed by atoms with E-state index in [1.165, 1.54) is 0 Å². The van der Waals surface area contributed by atoms with Crippen molar-refractivity contribution >= 4 is 5.91 Å². The quantitative estimate of drug-likeness (QED) is 0.694. The van der Waals surface area contributed by atoms with E-state index >= 15 is 0 Å². The van der Waals surface area contributed by atoms with Gasteiger partial charge in [0.1, 0.15) is 0 Å². The highest BCUT2D eigenvalue weighted by Crippen LogP contribution is 2.09. The molecule has 0 aromatic rings. The molecule has 3 nitrogen and oxygen atoms in total. The number of carbonyl (C=O) groups is 1. The van der Waals surface area contributed by atoms with Crippen LogP contribution in [0.1, 0.15) is 34.6 Å². The number of rotatable bonds is 4. The fraction of sp³-hybridized carbons (Fsp3) is 0.900. The molecule has 0 heterocycles. The van der Waals surface area contributed by atoms with Crippen molar-refractivity contribution in [1.29, 1.82) is 0 Å². The van der Waals surface area contributed by atoms with Gasteiger partial charge in [-0.2, -0.15) is 0 Å². The molecule has 0 fully saturated rings. The number of carbonyl (C=O) groups excluding carboxylic acids is 1. The Kier molecular flexibility index (Phi) is 4.40.